The van der Waals surface area contributed by atoms with Crippen LogP contribution in [-0.4, -0.2) is 43.6 Å². The van der Waals surface area contributed by atoms with Crippen molar-refractivity contribution >= 4 is 28.5 Å². The Hall–Kier alpha value is -3.73. The average molecular weight is 416 g/mol. The minimum atomic E-state index is -0.493. The molecule has 8 nitrogen and oxygen atoms in total. The maximum atomic E-state index is 13.0. The van der Waals surface area contributed by atoms with E-state index < -0.39 is 5.92 Å². The second-order valence-corrected chi connectivity index (χ2v) is 8.81. The van der Waals surface area contributed by atoms with Crippen LogP contribution in [0.15, 0.2) is 36.5 Å². The van der Waals surface area contributed by atoms with Crippen LogP contribution >= 0.6 is 0 Å². The molecule has 1 aliphatic rings. The van der Waals surface area contributed by atoms with E-state index in [1.54, 1.807) is 4.90 Å². The number of aromatic nitrogens is 3. The Kier molecular flexibility index (Phi) is 4.97. The lowest BCUT2D eigenvalue weighted by molar-refractivity contribution is -0.131. The van der Waals surface area contributed by atoms with Crippen LogP contribution in [0.5, 0.6) is 0 Å². The van der Waals surface area contributed by atoms with Crippen LogP contribution in [0.3, 0.4) is 0 Å². The lowest BCUT2D eigenvalue weighted by Crippen LogP contribution is -2.42. The number of anilines is 1. The van der Waals surface area contributed by atoms with Crippen molar-refractivity contribution < 1.29 is 9.59 Å². The summed E-state index contributed by atoms with van der Waals surface area (Å²) in [7, 11) is 0. The predicted molar refractivity (Wildman–Crippen MR) is 117 cm³/mol. The summed E-state index contributed by atoms with van der Waals surface area (Å²) in [6.07, 6.45) is 1.55. The van der Waals surface area contributed by atoms with Crippen molar-refractivity contribution in [2.45, 2.75) is 39.7 Å². The third-order valence-electron chi connectivity index (χ3n) is 5.56. The first-order valence-electron chi connectivity index (χ1n) is 10.2. The van der Waals surface area contributed by atoms with Crippen LogP contribution in [0.4, 0.5) is 5.82 Å². The molecule has 8 heteroatoms. The highest BCUT2D eigenvalue weighted by Gasteiger charge is 2.39. The number of para-hydroxylation sites is 1. The van der Waals surface area contributed by atoms with Gasteiger partial charge in [-0.1, -0.05) is 18.2 Å². The van der Waals surface area contributed by atoms with E-state index in [2.05, 4.69) is 21.5 Å². The Morgan fingerprint density at radius 1 is 1.29 bits per heavy atom. The fourth-order valence-corrected chi connectivity index (χ4v) is 3.91. The molecule has 0 spiro atoms. The van der Waals surface area contributed by atoms with Crippen molar-refractivity contribution in [3.8, 4) is 11.9 Å². The van der Waals surface area contributed by atoms with Gasteiger partial charge in [0.1, 0.15) is 11.6 Å². The molecule has 1 saturated heterocycles. The lowest BCUT2D eigenvalue weighted by Gasteiger charge is -2.31. The van der Waals surface area contributed by atoms with Gasteiger partial charge < -0.3 is 10.2 Å². The quantitative estimate of drug-likeness (QED) is 0.706. The van der Waals surface area contributed by atoms with Crippen molar-refractivity contribution in [2.24, 2.45) is 5.92 Å². The summed E-state index contributed by atoms with van der Waals surface area (Å²) in [5, 5.41) is 17.7. The van der Waals surface area contributed by atoms with Crippen molar-refractivity contribution in [3.63, 3.8) is 0 Å². The molecule has 1 N–H and O–H groups in total. The minimum absolute atomic E-state index is 0.0477. The van der Waals surface area contributed by atoms with Crippen molar-refractivity contribution in [2.75, 3.05) is 11.9 Å². The number of nitriles is 1. The van der Waals surface area contributed by atoms with Gasteiger partial charge in [0, 0.05) is 23.9 Å². The number of rotatable bonds is 3. The normalized spacial score (nSPS) is 16.5. The van der Waals surface area contributed by atoms with E-state index in [4.69, 9.17) is 0 Å². The Balaban J connectivity index is 1.67. The molecule has 158 valence electrons. The van der Waals surface area contributed by atoms with Gasteiger partial charge in [0.2, 0.25) is 11.8 Å². The number of nitrogens with zero attached hydrogens (tertiary/aromatic N) is 5. The number of hydrogen-bond donors (Lipinski definition) is 1. The van der Waals surface area contributed by atoms with Crippen molar-refractivity contribution in [1.82, 2.24) is 19.7 Å². The van der Waals surface area contributed by atoms with Gasteiger partial charge in [-0.3, -0.25) is 9.59 Å². The Bertz CT molecular complexity index is 1230. The number of carbonyl (C=O) groups is 2. The zero-order chi connectivity index (χ0) is 22.3. The van der Waals surface area contributed by atoms with Crippen LogP contribution in [0.2, 0.25) is 0 Å². The Labute approximate surface area is 180 Å². The molecular weight excluding hydrogens is 392 g/mol. The number of pyridine rings is 1. The topological polar surface area (TPSA) is 104 Å². The molecule has 2 amide bonds. The van der Waals surface area contributed by atoms with Gasteiger partial charge in [0.05, 0.1) is 17.6 Å². The Morgan fingerprint density at radius 3 is 2.71 bits per heavy atom. The van der Waals surface area contributed by atoms with Gasteiger partial charge >= 0.3 is 0 Å². The number of aryl methyl sites for hydroxylation is 1. The zero-order valence-electron chi connectivity index (χ0n) is 18.0. The SMILES string of the molecule is Cc1cc(-n2ncc(C#N)c2NC(=O)C2CC(=O)N(C(C)(C)C)C2)nc2ccccc12. The first-order valence-corrected chi connectivity index (χ1v) is 10.2. The van der Waals surface area contributed by atoms with Gasteiger partial charge in [0.25, 0.3) is 0 Å². The number of nitrogens with one attached hydrogen (secondary N) is 1. The molecule has 1 atom stereocenters. The molecule has 0 radical (unpaired) electrons. The number of likely N-dealkylation sites (tertiary alicyclic amines) is 1. The van der Waals surface area contributed by atoms with Crippen LogP contribution < -0.4 is 5.32 Å². The smallest absolute Gasteiger partial charge is 0.230 e. The minimum Gasteiger partial charge on any atom is -0.337 e. The van der Waals surface area contributed by atoms with E-state index in [9.17, 15) is 14.9 Å². The number of carbonyl (C=O) groups excluding carboxylic acids is 2. The highest BCUT2D eigenvalue weighted by Crippen LogP contribution is 2.28. The number of fused-ring (bicyclic) bond motifs is 1. The third-order valence-corrected chi connectivity index (χ3v) is 5.56. The summed E-state index contributed by atoms with van der Waals surface area (Å²) < 4.78 is 1.47. The van der Waals surface area contributed by atoms with E-state index in [1.165, 1.54) is 10.9 Å². The summed E-state index contributed by atoms with van der Waals surface area (Å²) >= 11 is 0. The maximum Gasteiger partial charge on any atom is 0.230 e. The fraction of sp³-hybridized carbons (Fsp3) is 0.348. The van der Waals surface area contributed by atoms with Gasteiger partial charge in [0.15, 0.2) is 11.6 Å². The molecule has 3 heterocycles. The van der Waals surface area contributed by atoms with Crippen molar-refractivity contribution in [1.29, 1.82) is 5.26 Å². The zero-order valence-corrected chi connectivity index (χ0v) is 18.0. The molecule has 31 heavy (non-hydrogen) atoms. The number of amides is 2. The molecule has 1 aliphatic heterocycles. The molecule has 1 aromatic carbocycles. The lowest BCUT2D eigenvalue weighted by atomic mass is 10.1. The number of benzene rings is 1. The molecule has 4 rings (SSSR count). The van der Waals surface area contributed by atoms with Crippen LogP contribution in [0, 0.1) is 24.2 Å². The van der Waals surface area contributed by atoms with Crippen molar-refractivity contribution in [3.05, 3.63) is 47.7 Å². The third kappa shape index (κ3) is 3.75. The highest BCUT2D eigenvalue weighted by atomic mass is 16.2. The van der Waals surface area contributed by atoms with E-state index >= 15 is 0 Å². The standard InChI is InChI=1S/C23H24N6O2/c1-14-9-19(26-18-8-6-5-7-17(14)18)29-21(16(11-24)12-25-29)27-22(31)15-10-20(30)28(13-15)23(2,3)4/h5-9,12,15H,10,13H2,1-4H3,(H,27,31). The second-order valence-electron chi connectivity index (χ2n) is 8.81. The molecule has 0 saturated carbocycles. The number of hydrogen-bond acceptors (Lipinski definition) is 5. The summed E-state index contributed by atoms with van der Waals surface area (Å²) in [4.78, 5) is 31.7. The molecule has 3 aromatic rings. The van der Waals surface area contributed by atoms with Gasteiger partial charge in [-0.2, -0.15) is 15.0 Å². The molecular formula is C23H24N6O2. The fourth-order valence-electron chi connectivity index (χ4n) is 3.91. The second kappa shape index (κ2) is 7.51. The first-order chi connectivity index (χ1) is 14.7. The van der Waals surface area contributed by atoms with E-state index in [0.29, 0.717) is 12.4 Å². The first kappa shape index (κ1) is 20.5. The highest BCUT2D eigenvalue weighted by molar-refractivity contribution is 5.97. The van der Waals surface area contributed by atoms with Crippen LogP contribution in [0.1, 0.15) is 38.3 Å². The van der Waals surface area contributed by atoms with Crippen LogP contribution in [0.25, 0.3) is 16.7 Å². The van der Waals surface area contributed by atoms with Crippen LogP contribution in [-0.2, 0) is 9.59 Å². The molecule has 2 aromatic heterocycles. The van der Waals surface area contributed by atoms with Gasteiger partial charge in [-0.05, 0) is 45.4 Å². The molecule has 1 fully saturated rings. The summed E-state index contributed by atoms with van der Waals surface area (Å²) in [6.45, 7) is 8.16. The van der Waals surface area contributed by atoms with Gasteiger partial charge in [-0.25, -0.2) is 4.98 Å². The Morgan fingerprint density at radius 2 is 2.03 bits per heavy atom. The summed E-state index contributed by atoms with van der Waals surface area (Å²) in [5.41, 5.74) is 1.69. The van der Waals surface area contributed by atoms with Gasteiger partial charge in [-0.15, -0.1) is 0 Å². The molecule has 0 bridgehead atoms. The largest absolute Gasteiger partial charge is 0.337 e. The molecule has 0 aliphatic carbocycles. The summed E-state index contributed by atoms with van der Waals surface area (Å²) in [5.74, 6) is -0.0829. The van der Waals surface area contributed by atoms with E-state index in [1.807, 2.05) is 58.0 Å². The van der Waals surface area contributed by atoms with E-state index in [0.717, 1.165) is 16.5 Å². The predicted octanol–water partition coefficient (Wildman–Crippen LogP) is 3.19. The van der Waals surface area contributed by atoms with E-state index in [-0.39, 0.29) is 35.2 Å². The maximum absolute atomic E-state index is 13.0. The monoisotopic (exact) mass is 416 g/mol. The molecule has 1 unspecified atom stereocenters. The summed E-state index contributed by atoms with van der Waals surface area (Å²) in [6, 6.07) is 11.7. The average Bonchev–Trinajstić information content (AvgIpc) is 3.31.